The number of rotatable bonds is 4. The number of nitrogens with two attached hydrogens (primary N) is 2. The Kier molecular flexibility index (Phi) is 4.25. The Morgan fingerprint density at radius 1 is 0.913 bits per heavy atom. The summed E-state index contributed by atoms with van der Waals surface area (Å²) >= 11 is 1.33. The van der Waals surface area contributed by atoms with Crippen LogP contribution in [0.1, 0.15) is 10.4 Å². The summed E-state index contributed by atoms with van der Waals surface area (Å²) in [5.41, 5.74) is 12.9. The maximum Gasteiger partial charge on any atom is 0.253 e. The van der Waals surface area contributed by atoms with Crippen molar-refractivity contribution in [2.24, 2.45) is 5.73 Å². The highest BCUT2D eigenvalue weighted by Gasteiger charge is 2.20. The molecule has 0 aliphatic heterocycles. The third kappa shape index (κ3) is 3.32. The number of benzene rings is 2. The Hall–Kier alpha value is -2.86. The lowest BCUT2D eigenvalue weighted by Crippen LogP contribution is -2.17. The fourth-order valence-electron chi connectivity index (χ4n) is 2.16. The number of hydrogen-bond donors (Lipinski definition) is 2. The van der Waals surface area contributed by atoms with Crippen LogP contribution in [-0.2, 0) is 0 Å². The number of carbonyl (C=O) groups is 1. The maximum absolute atomic E-state index is 12.0. The van der Waals surface area contributed by atoms with E-state index in [0.717, 1.165) is 10.5 Å². The second-order valence-electron chi connectivity index (χ2n) is 4.76. The van der Waals surface area contributed by atoms with Gasteiger partial charge in [0.25, 0.3) is 5.91 Å². The third-order valence-corrected chi connectivity index (χ3v) is 4.14. The molecule has 4 N–H and O–H groups in total. The molecule has 0 spiro atoms. The fraction of sp³-hybridized carbons (Fsp3) is 0. The Morgan fingerprint density at radius 3 is 2.13 bits per heavy atom. The van der Waals surface area contributed by atoms with Gasteiger partial charge in [-0.1, -0.05) is 60.3 Å². The number of hydrogen-bond acceptors (Lipinski definition) is 5. The first-order chi connectivity index (χ1) is 11.1. The Morgan fingerprint density at radius 2 is 1.52 bits per heavy atom. The second kappa shape index (κ2) is 6.50. The number of aromatic nitrogens is 2. The molecule has 3 aromatic rings. The number of carbonyl (C=O) groups excluding carboxylic acids is 1. The first-order valence-corrected chi connectivity index (χ1v) is 7.72. The largest absolute Gasteiger partial charge is 0.368 e. The number of primary amides is 1. The van der Waals surface area contributed by atoms with Gasteiger partial charge in [-0.25, -0.2) is 9.97 Å². The van der Waals surface area contributed by atoms with E-state index in [1.54, 1.807) is 0 Å². The predicted molar refractivity (Wildman–Crippen MR) is 91.0 cm³/mol. The molecule has 0 aliphatic carbocycles. The smallest absolute Gasteiger partial charge is 0.253 e. The molecule has 1 aromatic heterocycles. The van der Waals surface area contributed by atoms with E-state index in [0.29, 0.717) is 10.7 Å². The summed E-state index contributed by atoms with van der Waals surface area (Å²) in [6.07, 6.45) is 0. The second-order valence-corrected chi connectivity index (χ2v) is 5.82. The zero-order valence-corrected chi connectivity index (χ0v) is 13.0. The average Bonchev–Trinajstić information content (AvgIpc) is 2.55. The van der Waals surface area contributed by atoms with E-state index in [1.807, 2.05) is 60.7 Å². The molecule has 0 fully saturated rings. The third-order valence-electron chi connectivity index (χ3n) is 3.14. The Balaban J connectivity index is 2.16. The number of nitrogen functional groups attached to an aromatic ring is 1. The van der Waals surface area contributed by atoms with Crippen LogP contribution in [0.25, 0.3) is 11.3 Å². The molecule has 0 saturated heterocycles. The standard InChI is InChI=1S/C17H14N4OS/c18-15(22)13-14(11-7-3-1-4-8-11)20-17(19)21-16(13)23-12-9-5-2-6-10-12/h1-10H,(H2,18,22)(H2,19,20,21). The van der Waals surface area contributed by atoms with Crippen molar-refractivity contribution in [1.29, 1.82) is 0 Å². The lowest BCUT2D eigenvalue weighted by molar-refractivity contribution is 0.0997. The van der Waals surface area contributed by atoms with Gasteiger partial charge in [-0.3, -0.25) is 4.79 Å². The van der Waals surface area contributed by atoms with Gasteiger partial charge < -0.3 is 11.5 Å². The van der Waals surface area contributed by atoms with Crippen LogP contribution in [0.3, 0.4) is 0 Å². The van der Waals surface area contributed by atoms with Gasteiger partial charge >= 0.3 is 0 Å². The minimum absolute atomic E-state index is 0.104. The molecular formula is C17H14N4OS. The molecule has 0 aliphatic rings. The summed E-state index contributed by atoms with van der Waals surface area (Å²) in [4.78, 5) is 21.4. The summed E-state index contributed by atoms with van der Waals surface area (Å²) in [5.74, 6) is -0.477. The van der Waals surface area contributed by atoms with E-state index in [1.165, 1.54) is 11.8 Å². The van der Waals surface area contributed by atoms with Crippen LogP contribution in [0, 0.1) is 0 Å². The normalized spacial score (nSPS) is 10.4. The summed E-state index contributed by atoms with van der Waals surface area (Å²) in [6, 6.07) is 18.9. The van der Waals surface area contributed by atoms with E-state index >= 15 is 0 Å². The minimum Gasteiger partial charge on any atom is -0.368 e. The summed E-state index contributed by atoms with van der Waals surface area (Å²) in [7, 11) is 0. The Labute approximate surface area is 137 Å². The zero-order valence-electron chi connectivity index (χ0n) is 12.1. The summed E-state index contributed by atoms with van der Waals surface area (Å²) < 4.78 is 0. The molecule has 0 bridgehead atoms. The SMILES string of the molecule is NC(=O)c1c(Sc2ccccc2)nc(N)nc1-c1ccccc1. The topological polar surface area (TPSA) is 94.9 Å². The summed E-state index contributed by atoms with van der Waals surface area (Å²) in [5, 5.41) is 0.454. The van der Waals surface area contributed by atoms with E-state index < -0.39 is 5.91 Å². The van der Waals surface area contributed by atoms with Gasteiger partial charge in [0.05, 0.1) is 11.3 Å². The molecule has 3 rings (SSSR count). The molecule has 114 valence electrons. The van der Waals surface area contributed by atoms with Crippen LogP contribution in [-0.4, -0.2) is 15.9 Å². The predicted octanol–water partition coefficient (Wildman–Crippen LogP) is 2.98. The monoisotopic (exact) mass is 322 g/mol. The summed E-state index contributed by atoms with van der Waals surface area (Å²) in [6.45, 7) is 0. The van der Waals surface area contributed by atoms with Crippen molar-refractivity contribution in [2.75, 3.05) is 5.73 Å². The van der Waals surface area contributed by atoms with E-state index in [9.17, 15) is 4.79 Å². The van der Waals surface area contributed by atoms with Crippen molar-refractivity contribution in [3.05, 3.63) is 66.2 Å². The lowest BCUT2D eigenvalue weighted by Gasteiger charge is -2.11. The molecule has 2 aromatic carbocycles. The van der Waals surface area contributed by atoms with Crippen molar-refractivity contribution in [3.63, 3.8) is 0 Å². The number of amides is 1. The van der Waals surface area contributed by atoms with Crippen molar-refractivity contribution in [2.45, 2.75) is 9.92 Å². The Bertz CT molecular complexity index is 838. The number of anilines is 1. The van der Waals surface area contributed by atoms with Crippen LogP contribution in [0.2, 0.25) is 0 Å². The van der Waals surface area contributed by atoms with Gasteiger partial charge in [0.1, 0.15) is 5.03 Å². The van der Waals surface area contributed by atoms with Gasteiger partial charge in [0.15, 0.2) is 0 Å². The van der Waals surface area contributed by atoms with Crippen LogP contribution in [0.5, 0.6) is 0 Å². The van der Waals surface area contributed by atoms with E-state index in [-0.39, 0.29) is 11.5 Å². The minimum atomic E-state index is -0.581. The molecule has 0 radical (unpaired) electrons. The van der Waals surface area contributed by atoms with Crippen LogP contribution < -0.4 is 11.5 Å². The van der Waals surface area contributed by atoms with Crippen molar-refractivity contribution in [3.8, 4) is 11.3 Å². The van der Waals surface area contributed by atoms with Crippen molar-refractivity contribution in [1.82, 2.24) is 9.97 Å². The van der Waals surface area contributed by atoms with E-state index in [4.69, 9.17) is 11.5 Å². The van der Waals surface area contributed by atoms with Gasteiger partial charge in [-0.05, 0) is 12.1 Å². The van der Waals surface area contributed by atoms with Crippen LogP contribution in [0.15, 0.2) is 70.6 Å². The van der Waals surface area contributed by atoms with E-state index in [2.05, 4.69) is 9.97 Å². The van der Waals surface area contributed by atoms with Gasteiger partial charge in [-0.15, -0.1) is 0 Å². The van der Waals surface area contributed by atoms with Crippen molar-refractivity contribution >= 4 is 23.6 Å². The molecule has 0 saturated carbocycles. The molecule has 1 amide bonds. The molecule has 5 nitrogen and oxygen atoms in total. The highest BCUT2D eigenvalue weighted by atomic mass is 32.2. The molecule has 0 unspecified atom stereocenters. The first-order valence-electron chi connectivity index (χ1n) is 6.91. The van der Waals surface area contributed by atoms with Crippen LogP contribution >= 0.6 is 11.8 Å². The number of nitrogens with zero attached hydrogens (tertiary/aromatic N) is 2. The van der Waals surface area contributed by atoms with Gasteiger partial charge in [-0.2, -0.15) is 0 Å². The van der Waals surface area contributed by atoms with Gasteiger partial charge in [0.2, 0.25) is 5.95 Å². The molecule has 1 heterocycles. The quantitative estimate of drug-likeness (QED) is 0.720. The van der Waals surface area contributed by atoms with Crippen molar-refractivity contribution < 1.29 is 4.79 Å². The highest BCUT2D eigenvalue weighted by Crippen LogP contribution is 2.33. The zero-order chi connectivity index (χ0) is 16.2. The van der Waals surface area contributed by atoms with Crippen LogP contribution in [0.4, 0.5) is 5.95 Å². The molecule has 0 atom stereocenters. The molecular weight excluding hydrogens is 308 g/mol. The van der Waals surface area contributed by atoms with Gasteiger partial charge in [0, 0.05) is 10.5 Å². The first kappa shape index (κ1) is 15.1. The molecule has 6 heteroatoms. The highest BCUT2D eigenvalue weighted by molar-refractivity contribution is 7.99. The average molecular weight is 322 g/mol. The lowest BCUT2D eigenvalue weighted by atomic mass is 10.1. The maximum atomic E-state index is 12.0. The molecule has 23 heavy (non-hydrogen) atoms. The fourth-order valence-corrected chi connectivity index (χ4v) is 3.11.